The largest absolute Gasteiger partial charge is 0.337 e. The monoisotopic (exact) mass is 369 g/mol. The van der Waals surface area contributed by atoms with Crippen LogP contribution in [0.3, 0.4) is 0 Å². The molecule has 27 heavy (non-hydrogen) atoms. The molecule has 1 fully saturated rings. The van der Waals surface area contributed by atoms with E-state index in [2.05, 4.69) is 16.7 Å². The molecule has 0 unspecified atom stereocenters. The second-order valence-corrected chi connectivity index (χ2v) is 7.05. The quantitative estimate of drug-likeness (QED) is 0.786. The minimum Gasteiger partial charge on any atom is -0.337 e. The summed E-state index contributed by atoms with van der Waals surface area (Å²) in [5.74, 6) is -0.816. The van der Waals surface area contributed by atoms with Crippen LogP contribution in [0.4, 0.5) is 8.78 Å². The Morgan fingerprint density at radius 3 is 2.00 bits per heavy atom. The Morgan fingerprint density at radius 2 is 1.59 bits per heavy atom. The summed E-state index contributed by atoms with van der Waals surface area (Å²) in [6.45, 7) is 1.71. The van der Waals surface area contributed by atoms with Gasteiger partial charge in [-0.25, -0.2) is 8.78 Å². The molecule has 1 saturated carbocycles. The van der Waals surface area contributed by atoms with E-state index in [0.717, 1.165) is 24.0 Å². The molecule has 6 heteroatoms. The van der Waals surface area contributed by atoms with Crippen molar-refractivity contribution >= 4 is 5.91 Å². The predicted molar refractivity (Wildman–Crippen MR) is 97.5 cm³/mol. The van der Waals surface area contributed by atoms with Crippen LogP contribution in [0.1, 0.15) is 36.9 Å². The summed E-state index contributed by atoms with van der Waals surface area (Å²) in [6.07, 6.45) is 1.87. The zero-order chi connectivity index (χ0) is 19.4. The standard InChI is InChI=1S/C21H21F2N3O/c1-21(13-24,16-6-7-16)26-19(27)12-25-20(14-2-8-17(22)9-3-14)15-4-10-18(23)11-5-15/h2-5,8-11,16,20,25H,6-7,12H2,1H3,(H,26,27)/t21-/m1/s1. The van der Waals surface area contributed by atoms with Crippen molar-refractivity contribution in [2.45, 2.75) is 31.3 Å². The van der Waals surface area contributed by atoms with Crippen molar-refractivity contribution in [3.8, 4) is 6.07 Å². The van der Waals surface area contributed by atoms with Gasteiger partial charge in [-0.3, -0.25) is 10.1 Å². The number of benzene rings is 2. The molecule has 2 aromatic carbocycles. The van der Waals surface area contributed by atoms with Crippen LogP contribution >= 0.6 is 0 Å². The van der Waals surface area contributed by atoms with Crippen LogP contribution in [0.2, 0.25) is 0 Å². The van der Waals surface area contributed by atoms with Gasteiger partial charge in [0.25, 0.3) is 0 Å². The van der Waals surface area contributed by atoms with Gasteiger partial charge in [0.1, 0.15) is 17.2 Å². The van der Waals surface area contributed by atoms with Crippen molar-refractivity contribution in [3.63, 3.8) is 0 Å². The van der Waals surface area contributed by atoms with Crippen LogP contribution in [0.25, 0.3) is 0 Å². The third-order valence-electron chi connectivity index (χ3n) is 4.90. The van der Waals surface area contributed by atoms with Gasteiger partial charge >= 0.3 is 0 Å². The molecule has 0 saturated heterocycles. The Labute approximate surface area is 157 Å². The second kappa shape index (κ2) is 7.85. The Kier molecular flexibility index (Phi) is 5.52. The number of nitriles is 1. The van der Waals surface area contributed by atoms with Gasteiger partial charge in [0.2, 0.25) is 5.91 Å². The Hall–Kier alpha value is -2.78. The van der Waals surface area contributed by atoms with Gasteiger partial charge in [0.15, 0.2) is 0 Å². The molecule has 1 atom stereocenters. The predicted octanol–water partition coefficient (Wildman–Crippen LogP) is 3.45. The number of carbonyl (C=O) groups excluding carboxylic acids is 1. The lowest BCUT2D eigenvalue weighted by Crippen LogP contribution is -2.49. The molecule has 1 amide bonds. The van der Waals surface area contributed by atoms with Crippen molar-refractivity contribution in [3.05, 3.63) is 71.3 Å². The summed E-state index contributed by atoms with van der Waals surface area (Å²) in [4.78, 5) is 12.4. The molecule has 2 aromatic rings. The molecule has 0 bridgehead atoms. The normalized spacial score (nSPS) is 15.8. The third-order valence-corrected chi connectivity index (χ3v) is 4.90. The highest BCUT2D eigenvalue weighted by atomic mass is 19.1. The molecule has 0 heterocycles. The van der Waals surface area contributed by atoms with E-state index in [1.165, 1.54) is 24.3 Å². The van der Waals surface area contributed by atoms with E-state index in [1.54, 1.807) is 31.2 Å². The fraction of sp³-hybridized carbons (Fsp3) is 0.333. The van der Waals surface area contributed by atoms with Gasteiger partial charge in [-0.1, -0.05) is 24.3 Å². The van der Waals surface area contributed by atoms with E-state index < -0.39 is 11.6 Å². The first-order valence-corrected chi connectivity index (χ1v) is 8.88. The van der Waals surface area contributed by atoms with Crippen molar-refractivity contribution in [2.24, 2.45) is 5.92 Å². The van der Waals surface area contributed by atoms with Crippen molar-refractivity contribution in [1.29, 1.82) is 5.26 Å². The fourth-order valence-electron chi connectivity index (χ4n) is 3.15. The topological polar surface area (TPSA) is 64.9 Å². The lowest BCUT2D eigenvalue weighted by molar-refractivity contribution is -0.121. The van der Waals surface area contributed by atoms with Crippen LogP contribution in [0, 0.1) is 28.9 Å². The molecule has 1 aliphatic carbocycles. The summed E-state index contributed by atoms with van der Waals surface area (Å²) in [6, 6.07) is 13.6. The maximum atomic E-state index is 13.3. The highest BCUT2D eigenvalue weighted by Gasteiger charge is 2.42. The molecular weight excluding hydrogens is 348 g/mol. The summed E-state index contributed by atoms with van der Waals surface area (Å²) < 4.78 is 26.5. The second-order valence-electron chi connectivity index (χ2n) is 7.05. The zero-order valence-corrected chi connectivity index (χ0v) is 15.0. The van der Waals surface area contributed by atoms with Crippen LogP contribution < -0.4 is 10.6 Å². The minimum atomic E-state index is -0.861. The molecule has 0 spiro atoms. The van der Waals surface area contributed by atoms with Crippen LogP contribution in [-0.4, -0.2) is 18.0 Å². The van der Waals surface area contributed by atoms with Crippen LogP contribution in [-0.2, 0) is 4.79 Å². The summed E-state index contributed by atoms with van der Waals surface area (Å²) in [5, 5.41) is 15.3. The lowest BCUT2D eigenvalue weighted by atomic mass is 9.97. The number of hydrogen-bond donors (Lipinski definition) is 2. The van der Waals surface area contributed by atoms with E-state index >= 15 is 0 Å². The zero-order valence-electron chi connectivity index (χ0n) is 15.0. The molecule has 0 aliphatic heterocycles. The van der Waals surface area contributed by atoms with Gasteiger partial charge in [-0.15, -0.1) is 0 Å². The lowest BCUT2D eigenvalue weighted by Gasteiger charge is -2.24. The first-order chi connectivity index (χ1) is 12.9. The van der Waals surface area contributed by atoms with Gasteiger partial charge in [-0.05, 0) is 61.1 Å². The van der Waals surface area contributed by atoms with Crippen molar-refractivity contribution < 1.29 is 13.6 Å². The Morgan fingerprint density at radius 1 is 1.11 bits per heavy atom. The number of rotatable bonds is 7. The van der Waals surface area contributed by atoms with Crippen molar-refractivity contribution in [1.82, 2.24) is 10.6 Å². The fourth-order valence-corrected chi connectivity index (χ4v) is 3.15. The van der Waals surface area contributed by atoms with E-state index in [0.29, 0.717) is 0 Å². The molecule has 0 radical (unpaired) electrons. The molecule has 3 rings (SSSR count). The number of carbonyl (C=O) groups is 1. The van der Waals surface area contributed by atoms with Crippen molar-refractivity contribution in [2.75, 3.05) is 6.54 Å². The number of nitrogens with zero attached hydrogens (tertiary/aromatic N) is 1. The summed E-state index contributed by atoms with van der Waals surface area (Å²) >= 11 is 0. The third kappa shape index (κ3) is 4.69. The van der Waals surface area contributed by atoms with Gasteiger partial charge in [0.05, 0.1) is 18.7 Å². The van der Waals surface area contributed by atoms with E-state index in [1.807, 2.05) is 0 Å². The van der Waals surface area contributed by atoms with Gasteiger partial charge < -0.3 is 5.32 Å². The minimum absolute atomic E-state index is 0.0244. The SMILES string of the molecule is C[C@](C#N)(NC(=O)CNC(c1ccc(F)cc1)c1ccc(F)cc1)C1CC1. The molecule has 4 nitrogen and oxygen atoms in total. The van der Waals surface area contributed by atoms with E-state index in [9.17, 15) is 18.8 Å². The first-order valence-electron chi connectivity index (χ1n) is 8.88. The van der Waals surface area contributed by atoms with Crippen LogP contribution in [0.15, 0.2) is 48.5 Å². The average molecular weight is 369 g/mol. The van der Waals surface area contributed by atoms with Gasteiger partial charge in [0, 0.05) is 0 Å². The summed E-state index contributed by atoms with van der Waals surface area (Å²) in [7, 11) is 0. The molecule has 140 valence electrons. The van der Waals surface area contributed by atoms with E-state index in [-0.39, 0.29) is 30.0 Å². The Balaban J connectivity index is 1.73. The number of nitrogens with one attached hydrogen (secondary N) is 2. The first kappa shape index (κ1) is 19.0. The van der Waals surface area contributed by atoms with Gasteiger partial charge in [-0.2, -0.15) is 5.26 Å². The number of hydrogen-bond acceptors (Lipinski definition) is 3. The highest BCUT2D eigenvalue weighted by Crippen LogP contribution is 2.39. The summed E-state index contributed by atoms with van der Waals surface area (Å²) in [5.41, 5.74) is 0.641. The maximum Gasteiger partial charge on any atom is 0.235 e. The molecule has 1 aliphatic rings. The molecule has 0 aromatic heterocycles. The average Bonchev–Trinajstić information content (AvgIpc) is 3.50. The maximum absolute atomic E-state index is 13.3. The Bertz CT molecular complexity index is 796. The molecular formula is C21H21F2N3O. The number of halogens is 2. The highest BCUT2D eigenvalue weighted by molar-refractivity contribution is 5.79. The molecule has 2 N–H and O–H groups in total. The van der Waals surface area contributed by atoms with Crippen LogP contribution in [0.5, 0.6) is 0 Å². The number of amides is 1. The van der Waals surface area contributed by atoms with E-state index in [4.69, 9.17) is 0 Å². The smallest absolute Gasteiger partial charge is 0.235 e.